The summed E-state index contributed by atoms with van der Waals surface area (Å²) in [5.74, 6) is 0.743. The van der Waals surface area contributed by atoms with Crippen molar-refractivity contribution in [2.45, 2.75) is 18.8 Å². The number of H-pyrrole nitrogens is 1. The Balaban J connectivity index is 2.20. The maximum Gasteiger partial charge on any atom is 0.129 e. The van der Waals surface area contributed by atoms with Crippen molar-refractivity contribution in [3.63, 3.8) is 0 Å². The number of hydrogen-bond acceptors (Lipinski definition) is 1. The predicted octanol–water partition coefficient (Wildman–Crippen LogP) is 3.09. The minimum absolute atomic E-state index is 0.564. The zero-order valence-corrected chi connectivity index (χ0v) is 7.80. The molecule has 2 heterocycles. The maximum absolute atomic E-state index is 5.80. The van der Waals surface area contributed by atoms with Crippen LogP contribution in [0.3, 0.4) is 0 Å². The van der Waals surface area contributed by atoms with Gasteiger partial charge in [-0.3, -0.25) is 0 Å². The lowest BCUT2D eigenvalue weighted by Crippen LogP contribution is -1.75. The van der Waals surface area contributed by atoms with Gasteiger partial charge in [-0.15, -0.1) is 0 Å². The lowest BCUT2D eigenvalue weighted by molar-refractivity contribution is 1.06. The number of rotatable bonds is 1. The molecule has 1 N–H and O–H groups in total. The van der Waals surface area contributed by atoms with E-state index in [1.165, 1.54) is 18.5 Å². The summed E-state index contributed by atoms with van der Waals surface area (Å²) in [5, 5.41) is 0.564. The van der Waals surface area contributed by atoms with E-state index in [0.29, 0.717) is 5.15 Å². The van der Waals surface area contributed by atoms with Crippen molar-refractivity contribution >= 4 is 22.6 Å². The summed E-state index contributed by atoms with van der Waals surface area (Å²) in [6.07, 6.45) is 2.61. The second-order valence-corrected chi connectivity index (χ2v) is 3.95. The summed E-state index contributed by atoms with van der Waals surface area (Å²) >= 11 is 5.80. The average Bonchev–Trinajstić information content (AvgIpc) is 2.87. The van der Waals surface area contributed by atoms with Crippen molar-refractivity contribution in [2.24, 2.45) is 0 Å². The number of nitrogens with one attached hydrogen (secondary N) is 1. The fraction of sp³-hybridized carbons (Fsp3) is 0.300. The first-order chi connectivity index (χ1) is 6.33. The number of pyridine rings is 1. The van der Waals surface area contributed by atoms with Gasteiger partial charge in [-0.2, -0.15) is 0 Å². The van der Waals surface area contributed by atoms with Gasteiger partial charge in [0.25, 0.3) is 0 Å². The molecule has 0 aromatic carbocycles. The number of fused-ring (bicyclic) bond motifs is 1. The van der Waals surface area contributed by atoms with E-state index in [1.807, 2.05) is 12.1 Å². The summed E-state index contributed by atoms with van der Waals surface area (Å²) in [5.41, 5.74) is 3.38. The minimum Gasteiger partial charge on any atom is -0.357 e. The summed E-state index contributed by atoms with van der Waals surface area (Å²) in [7, 11) is 0. The van der Waals surface area contributed by atoms with Gasteiger partial charge < -0.3 is 4.98 Å². The fourth-order valence-electron chi connectivity index (χ4n) is 1.62. The molecule has 0 amide bonds. The minimum atomic E-state index is 0.564. The Morgan fingerprint density at radius 1 is 1.38 bits per heavy atom. The van der Waals surface area contributed by atoms with Gasteiger partial charge in [0.15, 0.2) is 0 Å². The van der Waals surface area contributed by atoms with E-state index >= 15 is 0 Å². The van der Waals surface area contributed by atoms with Gasteiger partial charge in [0, 0.05) is 5.69 Å². The molecule has 0 unspecified atom stereocenters. The van der Waals surface area contributed by atoms with Crippen LogP contribution < -0.4 is 0 Å². The van der Waals surface area contributed by atoms with Crippen LogP contribution in [0.4, 0.5) is 0 Å². The first-order valence-corrected chi connectivity index (χ1v) is 4.86. The Kier molecular flexibility index (Phi) is 1.41. The fourth-order valence-corrected chi connectivity index (χ4v) is 1.77. The van der Waals surface area contributed by atoms with Crippen LogP contribution in [0, 0.1) is 0 Å². The van der Waals surface area contributed by atoms with Gasteiger partial charge in [-0.05, 0) is 37.0 Å². The molecule has 0 saturated heterocycles. The van der Waals surface area contributed by atoms with Gasteiger partial charge in [0.05, 0.1) is 11.0 Å². The quantitative estimate of drug-likeness (QED) is 0.692. The molecule has 1 fully saturated rings. The molecule has 2 aromatic rings. The van der Waals surface area contributed by atoms with E-state index < -0.39 is 0 Å². The van der Waals surface area contributed by atoms with Gasteiger partial charge in [0.1, 0.15) is 5.15 Å². The van der Waals surface area contributed by atoms with Gasteiger partial charge >= 0.3 is 0 Å². The first-order valence-electron chi connectivity index (χ1n) is 4.48. The number of nitrogens with zero attached hydrogens (tertiary/aromatic N) is 1. The third kappa shape index (κ3) is 1.22. The highest BCUT2D eigenvalue weighted by Gasteiger charge is 2.25. The van der Waals surface area contributed by atoms with Crippen molar-refractivity contribution < 1.29 is 0 Å². The van der Waals surface area contributed by atoms with Crippen LogP contribution >= 0.6 is 11.6 Å². The van der Waals surface area contributed by atoms with Crippen molar-refractivity contribution in [2.75, 3.05) is 0 Å². The van der Waals surface area contributed by atoms with Crippen LogP contribution in [0.5, 0.6) is 0 Å². The first kappa shape index (κ1) is 7.39. The van der Waals surface area contributed by atoms with Crippen LogP contribution in [0.1, 0.15) is 24.5 Å². The Hall–Kier alpha value is -1.02. The van der Waals surface area contributed by atoms with Gasteiger partial charge in [-0.25, -0.2) is 4.98 Å². The SMILES string of the molecule is Clc1ccc2[nH]c(C3CC3)cc2n1. The number of halogens is 1. The third-order valence-electron chi connectivity index (χ3n) is 2.48. The third-order valence-corrected chi connectivity index (χ3v) is 2.69. The van der Waals surface area contributed by atoms with Crippen LogP contribution in [0.25, 0.3) is 11.0 Å². The molecule has 13 heavy (non-hydrogen) atoms. The lowest BCUT2D eigenvalue weighted by atomic mass is 10.3. The van der Waals surface area contributed by atoms with E-state index in [-0.39, 0.29) is 0 Å². The Bertz CT molecular complexity index is 457. The molecule has 0 atom stereocenters. The van der Waals surface area contributed by atoms with Crippen molar-refractivity contribution in [1.29, 1.82) is 0 Å². The normalized spacial score (nSPS) is 16.7. The molecule has 0 aliphatic heterocycles. The molecule has 0 spiro atoms. The molecule has 3 heteroatoms. The zero-order chi connectivity index (χ0) is 8.84. The standard InChI is InChI=1S/C10H9ClN2/c11-10-4-3-7-9(13-10)5-8(12-7)6-1-2-6/h3-6,12H,1-2H2. The van der Waals surface area contributed by atoms with E-state index in [4.69, 9.17) is 11.6 Å². The second kappa shape index (κ2) is 2.48. The Labute approximate surface area is 80.9 Å². The molecule has 2 aromatic heterocycles. The molecule has 2 nitrogen and oxygen atoms in total. The molecule has 0 radical (unpaired) electrons. The van der Waals surface area contributed by atoms with E-state index in [1.54, 1.807) is 0 Å². The van der Waals surface area contributed by atoms with Crippen molar-refractivity contribution in [3.8, 4) is 0 Å². The average molecular weight is 193 g/mol. The highest BCUT2D eigenvalue weighted by molar-refractivity contribution is 6.29. The highest BCUT2D eigenvalue weighted by atomic mass is 35.5. The Morgan fingerprint density at radius 2 is 2.23 bits per heavy atom. The van der Waals surface area contributed by atoms with Crippen LogP contribution in [0.15, 0.2) is 18.2 Å². The lowest BCUT2D eigenvalue weighted by Gasteiger charge is -1.88. The van der Waals surface area contributed by atoms with Crippen LogP contribution in [-0.4, -0.2) is 9.97 Å². The Morgan fingerprint density at radius 3 is 3.00 bits per heavy atom. The number of aromatic nitrogens is 2. The molecular formula is C10H9ClN2. The molecule has 1 aliphatic carbocycles. The molecule has 0 bridgehead atoms. The summed E-state index contributed by atoms with van der Waals surface area (Å²) in [6.45, 7) is 0. The molecule has 1 saturated carbocycles. The molecule has 66 valence electrons. The van der Waals surface area contributed by atoms with Crippen LogP contribution in [-0.2, 0) is 0 Å². The van der Waals surface area contributed by atoms with Gasteiger partial charge in [0.2, 0.25) is 0 Å². The van der Waals surface area contributed by atoms with Crippen molar-refractivity contribution in [3.05, 3.63) is 29.0 Å². The number of hydrogen-bond donors (Lipinski definition) is 1. The zero-order valence-electron chi connectivity index (χ0n) is 7.05. The van der Waals surface area contributed by atoms with Crippen molar-refractivity contribution in [1.82, 2.24) is 9.97 Å². The van der Waals surface area contributed by atoms with Crippen LogP contribution in [0.2, 0.25) is 5.15 Å². The number of aromatic amines is 1. The molecule has 3 rings (SSSR count). The van der Waals surface area contributed by atoms with E-state index in [9.17, 15) is 0 Å². The van der Waals surface area contributed by atoms with Gasteiger partial charge in [-0.1, -0.05) is 11.6 Å². The largest absolute Gasteiger partial charge is 0.357 e. The topological polar surface area (TPSA) is 28.7 Å². The molecular weight excluding hydrogens is 184 g/mol. The summed E-state index contributed by atoms with van der Waals surface area (Å²) < 4.78 is 0. The molecule has 1 aliphatic rings. The smallest absolute Gasteiger partial charge is 0.129 e. The monoisotopic (exact) mass is 192 g/mol. The second-order valence-electron chi connectivity index (χ2n) is 3.57. The van der Waals surface area contributed by atoms with E-state index in [2.05, 4.69) is 16.0 Å². The highest BCUT2D eigenvalue weighted by Crippen LogP contribution is 2.40. The summed E-state index contributed by atoms with van der Waals surface area (Å²) in [6, 6.07) is 5.91. The maximum atomic E-state index is 5.80. The predicted molar refractivity (Wildman–Crippen MR) is 53.1 cm³/mol. The summed E-state index contributed by atoms with van der Waals surface area (Å²) in [4.78, 5) is 7.60. The van der Waals surface area contributed by atoms with E-state index in [0.717, 1.165) is 17.0 Å².